The van der Waals surface area contributed by atoms with Crippen LogP contribution in [0.3, 0.4) is 0 Å². The summed E-state index contributed by atoms with van der Waals surface area (Å²) in [5.74, 6) is 0.422. The van der Waals surface area contributed by atoms with Gasteiger partial charge in [0.15, 0.2) is 0 Å². The molecule has 17 heavy (non-hydrogen) atoms. The van der Waals surface area contributed by atoms with E-state index in [2.05, 4.69) is 45.9 Å². The van der Waals surface area contributed by atoms with Crippen molar-refractivity contribution < 1.29 is 4.74 Å². The molecule has 1 rings (SSSR count). The minimum Gasteiger partial charge on any atom is -0.376 e. The molecule has 0 saturated carbocycles. The smallest absolute Gasteiger partial charge is 0.0790 e. The predicted octanol–water partition coefficient (Wildman–Crippen LogP) is 3.36. The fourth-order valence-electron chi connectivity index (χ4n) is 2.30. The average Bonchev–Trinajstić information content (AvgIpc) is 2.23. The summed E-state index contributed by atoms with van der Waals surface area (Å²) in [5.41, 5.74) is 10.0. The monoisotopic (exact) mass is 235 g/mol. The highest BCUT2D eigenvalue weighted by atomic mass is 16.5. The molecular weight excluding hydrogens is 210 g/mol. The van der Waals surface area contributed by atoms with Gasteiger partial charge in [0.05, 0.1) is 12.1 Å². The molecule has 1 aromatic rings. The van der Waals surface area contributed by atoms with Crippen LogP contribution in [-0.2, 0) is 4.74 Å². The van der Waals surface area contributed by atoms with E-state index in [1.807, 2.05) is 6.92 Å². The number of rotatable bonds is 5. The van der Waals surface area contributed by atoms with Gasteiger partial charge in [-0.15, -0.1) is 0 Å². The summed E-state index contributed by atoms with van der Waals surface area (Å²) in [4.78, 5) is 0. The molecule has 0 aliphatic rings. The Labute approximate surface area is 105 Å². The van der Waals surface area contributed by atoms with Crippen molar-refractivity contribution in [3.8, 4) is 0 Å². The van der Waals surface area contributed by atoms with Gasteiger partial charge in [-0.05, 0) is 32.3 Å². The third-order valence-corrected chi connectivity index (χ3v) is 3.00. The normalized spacial score (nSPS) is 15.0. The maximum absolute atomic E-state index is 6.34. The van der Waals surface area contributed by atoms with Crippen molar-refractivity contribution in [3.05, 3.63) is 34.9 Å². The van der Waals surface area contributed by atoms with E-state index in [4.69, 9.17) is 10.5 Å². The van der Waals surface area contributed by atoms with E-state index in [0.29, 0.717) is 12.5 Å². The summed E-state index contributed by atoms with van der Waals surface area (Å²) >= 11 is 0. The number of hydrogen-bond donors (Lipinski definition) is 1. The third-order valence-electron chi connectivity index (χ3n) is 3.00. The van der Waals surface area contributed by atoms with Gasteiger partial charge in [-0.1, -0.05) is 43.2 Å². The number of benzene rings is 1. The maximum atomic E-state index is 6.34. The van der Waals surface area contributed by atoms with Crippen LogP contribution in [0.1, 0.15) is 43.5 Å². The van der Waals surface area contributed by atoms with Gasteiger partial charge in [0, 0.05) is 6.61 Å². The first-order valence-electron chi connectivity index (χ1n) is 6.41. The van der Waals surface area contributed by atoms with Crippen molar-refractivity contribution in [1.82, 2.24) is 0 Å². The maximum Gasteiger partial charge on any atom is 0.0790 e. The molecule has 0 radical (unpaired) electrons. The van der Waals surface area contributed by atoms with Gasteiger partial charge < -0.3 is 10.5 Å². The van der Waals surface area contributed by atoms with Crippen LogP contribution in [0, 0.1) is 19.8 Å². The van der Waals surface area contributed by atoms with E-state index in [1.165, 1.54) is 16.7 Å². The van der Waals surface area contributed by atoms with Crippen LogP contribution < -0.4 is 5.73 Å². The molecule has 2 unspecified atom stereocenters. The zero-order valence-corrected chi connectivity index (χ0v) is 11.7. The van der Waals surface area contributed by atoms with Gasteiger partial charge in [0.1, 0.15) is 0 Å². The van der Waals surface area contributed by atoms with Gasteiger partial charge in [0.25, 0.3) is 0 Å². The molecule has 0 heterocycles. The zero-order valence-electron chi connectivity index (χ0n) is 11.7. The van der Waals surface area contributed by atoms with Crippen LogP contribution in [0.5, 0.6) is 0 Å². The lowest BCUT2D eigenvalue weighted by Gasteiger charge is -2.28. The largest absolute Gasteiger partial charge is 0.376 e. The third kappa shape index (κ3) is 3.83. The summed E-state index contributed by atoms with van der Waals surface area (Å²) in [5, 5.41) is 0. The Bertz CT molecular complexity index is 340. The van der Waals surface area contributed by atoms with Crippen LogP contribution in [-0.4, -0.2) is 12.7 Å². The fourth-order valence-corrected chi connectivity index (χ4v) is 2.30. The van der Waals surface area contributed by atoms with Crippen molar-refractivity contribution in [2.75, 3.05) is 6.61 Å². The summed E-state index contributed by atoms with van der Waals surface area (Å²) in [7, 11) is 0. The van der Waals surface area contributed by atoms with Crippen molar-refractivity contribution >= 4 is 0 Å². The van der Waals surface area contributed by atoms with Crippen molar-refractivity contribution in [3.63, 3.8) is 0 Å². The molecular formula is C15H25NO. The van der Waals surface area contributed by atoms with E-state index < -0.39 is 0 Å². The topological polar surface area (TPSA) is 35.2 Å². The molecule has 2 heteroatoms. The molecule has 2 N–H and O–H groups in total. The average molecular weight is 235 g/mol. The Balaban J connectivity index is 2.96. The highest BCUT2D eigenvalue weighted by Gasteiger charge is 2.23. The summed E-state index contributed by atoms with van der Waals surface area (Å²) in [6, 6.07) is 6.44. The van der Waals surface area contributed by atoms with E-state index in [1.54, 1.807) is 0 Å². The molecule has 0 fully saturated rings. The molecule has 1 aromatic carbocycles. The van der Waals surface area contributed by atoms with Gasteiger partial charge in [0.2, 0.25) is 0 Å². The van der Waals surface area contributed by atoms with Crippen LogP contribution >= 0.6 is 0 Å². The van der Waals surface area contributed by atoms with Gasteiger partial charge in [-0.25, -0.2) is 0 Å². The minimum atomic E-state index is -0.0476. The summed E-state index contributed by atoms with van der Waals surface area (Å²) in [6.45, 7) is 11.2. The number of nitrogens with two attached hydrogens (primary N) is 1. The number of aryl methyl sites for hydroxylation is 2. The molecule has 0 aromatic heterocycles. The first-order chi connectivity index (χ1) is 7.95. The second kappa shape index (κ2) is 6.18. The molecule has 0 spiro atoms. The van der Waals surface area contributed by atoms with Crippen molar-refractivity contribution in [2.45, 2.75) is 46.8 Å². The standard InChI is InChI=1S/C15H25NO/c1-6-17-15(10(2)3)14(16)13-8-11(4)7-12(5)9-13/h7-10,14-15H,6,16H2,1-5H3. The van der Waals surface area contributed by atoms with Crippen molar-refractivity contribution in [1.29, 1.82) is 0 Å². The second-order valence-corrected chi connectivity index (χ2v) is 5.11. The molecule has 0 aliphatic carbocycles. The van der Waals surface area contributed by atoms with Crippen LogP contribution in [0.25, 0.3) is 0 Å². The van der Waals surface area contributed by atoms with Crippen molar-refractivity contribution in [2.24, 2.45) is 11.7 Å². The summed E-state index contributed by atoms with van der Waals surface area (Å²) in [6.07, 6.45) is 0.0844. The quantitative estimate of drug-likeness (QED) is 0.849. The van der Waals surface area contributed by atoms with Gasteiger partial charge >= 0.3 is 0 Å². The van der Waals surface area contributed by atoms with Crippen LogP contribution in [0.2, 0.25) is 0 Å². The minimum absolute atomic E-state index is 0.0476. The number of ether oxygens (including phenoxy) is 1. The predicted molar refractivity (Wildman–Crippen MR) is 73.1 cm³/mol. The zero-order chi connectivity index (χ0) is 13.0. The number of hydrogen-bond acceptors (Lipinski definition) is 2. The SMILES string of the molecule is CCOC(C(C)C)C(N)c1cc(C)cc(C)c1. The Morgan fingerprint density at radius 3 is 2.06 bits per heavy atom. The first-order valence-corrected chi connectivity index (χ1v) is 6.41. The van der Waals surface area contributed by atoms with E-state index in [9.17, 15) is 0 Å². The fraction of sp³-hybridized carbons (Fsp3) is 0.600. The van der Waals surface area contributed by atoms with E-state index in [-0.39, 0.29) is 12.1 Å². The molecule has 2 atom stereocenters. The van der Waals surface area contributed by atoms with Crippen LogP contribution in [0.4, 0.5) is 0 Å². The highest BCUT2D eigenvalue weighted by Crippen LogP contribution is 2.24. The van der Waals surface area contributed by atoms with E-state index >= 15 is 0 Å². The molecule has 0 aliphatic heterocycles. The van der Waals surface area contributed by atoms with Gasteiger partial charge in [-0.2, -0.15) is 0 Å². The molecule has 2 nitrogen and oxygen atoms in total. The lowest BCUT2D eigenvalue weighted by Crippen LogP contribution is -2.33. The lowest BCUT2D eigenvalue weighted by molar-refractivity contribution is 0.0121. The van der Waals surface area contributed by atoms with E-state index in [0.717, 1.165) is 0 Å². The summed E-state index contributed by atoms with van der Waals surface area (Å²) < 4.78 is 5.77. The molecule has 0 bridgehead atoms. The molecule has 0 amide bonds. The molecule has 96 valence electrons. The Hall–Kier alpha value is -0.860. The highest BCUT2D eigenvalue weighted by molar-refractivity contribution is 5.31. The van der Waals surface area contributed by atoms with Gasteiger partial charge in [-0.3, -0.25) is 0 Å². The lowest BCUT2D eigenvalue weighted by atomic mass is 9.92. The first kappa shape index (κ1) is 14.2. The van der Waals surface area contributed by atoms with Crippen LogP contribution in [0.15, 0.2) is 18.2 Å². The molecule has 0 saturated heterocycles. The Morgan fingerprint density at radius 1 is 1.12 bits per heavy atom. The Morgan fingerprint density at radius 2 is 1.65 bits per heavy atom. The second-order valence-electron chi connectivity index (χ2n) is 5.11. The Kier molecular flexibility index (Phi) is 5.16.